The van der Waals surface area contributed by atoms with Gasteiger partial charge in [-0.3, -0.25) is 0 Å². The summed E-state index contributed by atoms with van der Waals surface area (Å²) in [6.07, 6.45) is 2.26. The first-order valence-electron chi connectivity index (χ1n) is 5.29. The van der Waals surface area contributed by atoms with Gasteiger partial charge in [0, 0.05) is 10.0 Å². The van der Waals surface area contributed by atoms with E-state index in [-0.39, 0.29) is 11.0 Å². The van der Waals surface area contributed by atoms with Crippen LogP contribution < -0.4 is 5.73 Å². The van der Waals surface area contributed by atoms with E-state index in [0.29, 0.717) is 0 Å². The first kappa shape index (κ1) is 9.82. The number of benzene rings is 1. The number of ether oxygens (including phenoxy) is 1. The lowest BCUT2D eigenvalue weighted by molar-refractivity contribution is -0.0786. The van der Waals surface area contributed by atoms with Gasteiger partial charge in [0.25, 0.3) is 0 Å². The van der Waals surface area contributed by atoms with E-state index in [1.165, 1.54) is 5.56 Å². The van der Waals surface area contributed by atoms with Crippen LogP contribution in [-0.4, -0.2) is 18.8 Å². The van der Waals surface area contributed by atoms with E-state index in [2.05, 4.69) is 40.2 Å². The van der Waals surface area contributed by atoms with E-state index in [0.717, 1.165) is 30.5 Å². The Labute approximate surface area is 97.9 Å². The van der Waals surface area contributed by atoms with Gasteiger partial charge in [0.05, 0.1) is 18.6 Å². The number of nitrogens with two attached hydrogens (primary N) is 1. The Hall–Kier alpha value is -0.380. The summed E-state index contributed by atoms with van der Waals surface area (Å²) in [6.45, 7) is 1.57. The van der Waals surface area contributed by atoms with Gasteiger partial charge in [0.15, 0.2) is 0 Å². The average molecular weight is 268 g/mol. The minimum Gasteiger partial charge on any atom is -0.379 e. The summed E-state index contributed by atoms with van der Waals surface area (Å²) in [5.74, 6) is 0. The fourth-order valence-corrected chi connectivity index (χ4v) is 2.69. The monoisotopic (exact) mass is 267 g/mol. The van der Waals surface area contributed by atoms with E-state index < -0.39 is 0 Å². The Bertz CT molecular complexity index is 379. The van der Waals surface area contributed by atoms with Gasteiger partial charge < -0.3 is 10.5 Å². The molecule has 0 spiro atoms. The minimum absolute atomic E-state index is 0.000913. The fraction of sp³-hybridized carbons (Fsp3) is 0.500. The normalized spacial score (nSPS) is 25.7. The molecule has 1 aromatic carbocycles. The van der Waals surface area contributed by atoms with Crippen molar-refractivity contribution in [3.8, 4) is 0 Å². The summed E-state index contributed by atoms with van der Waals surface area (Å²) < 4.78 is 6.51. The van der Waals surface area contributed by atoms with Crippen LogP contribution in [0.5, 0.6) is 0 Å². The van der Waals surface area contributed by atoms with Crippen molar-refractivity contribution in [1.82, 2.24) is 0 Å². The molecule has 1 heterocycles. The fourth-order valence-electron chi connectivity index (χ4n) is 2.43. The second-order valence-electron chi connectivity index (χ2n) is 4.74. The van der Waals surface area contributed by atoms with Crippen molar-refractivity contribution >= 4 is 15.9 Å². The molecule has 1 saturated carbocycles. The molecule has 2 N–H and O–H groups in total. The number of halogens is 1. The van der Waals surface area contributed by atoms with Crippen LogP contribution in [0.25, 0.3) is 0 Å². The first-order chi connectivity index (χ1) is 7.16. The lowest BCUT2D eigenvalue weighted by Crippen LogP contribution is -2.60. The molecule has 2 aliphatic rings. The van der Waals surface area contributed by atoms with Crippen LogP contribution in [0.4, 0.5) is 0 Å². The molecule has 3 heteroatoms. The smallest absolute Gasteiger partial charge is 0.0603 e. The number of rotatable bonds is 2. The highest BCUT2D eigenvalue weighted by Crippen LogP contribution is 2.53. The Morgan fingerprint density at radius 2 is 1.73 bits per heavy atom. The maximum Gasteiger partial charge on any atom is 0.0603 e. The molecule has 0 atom stereocenters. The summed E-state index contributed by atoms with van der Waals surface area (Å²) in [7, 11) is 0. The summed E-state index contributed by atoms with van der Waals surface area (Å²) >= 11 is 3.46. The van der Waals surface area contributed by atoms with E-state index in [1.807, 2.05) is 0 Å². The SMILES string of the molecule is NC1(C2(c3ccc(Br)cc3)COC2)CC1. The lowest BCUT2D eigenvalue weighted by Gasteiger charge is -2.47. The van der Waals surface area contributed by atoms with Gasteiger partial charge in [-0.05, 0) is 30.5 Å². The van der Waals surface area contributed by atoms with Crippen molar-refractivity contribution in [2.75, 3.05) is 13.2 Å². The molecule has 1 aromatic rings. The molecule has 0 bridgehead atoms. The van der Waals surface area contributed by atoms with E-state index in [9.17, 15) is 0 Å². The van der Waals surface area contributed by atoms with Crippen molar-refractivity contribution in [2.24, 2.45) is 5.73 Å². The molecule has 1 aliphatic carbocycles. The van der Waals surface area contributed by atoms with Gasteiger partial charge in [-0.1, -0.05) is 28.1 Å². The molecular formula is C12H14BrNO. The molecule has 80 valence electrons. The van der Waals surface area contributed by atoms with Gasteiger partial charge in [0.1, 0.15) is 0 Å². The molecule has 0 amide bonds. The topological polar surface area (TPSA) is 35.2 Å². The zero-order valence-electron chi connectivity index (χ0n) is 8.50. The van der Waals surface area contributed by atoms with E-state index in [1.54, 1.807) is 0 Å². The van der Waals surface area contributed by atoms with Crippen molar-refractivity contribution in [2.45, 2.75) is 23.8 Å². The quantitative estimate of drug-likeness (QED) is 0.892. The first-order valence-corrected chi connectivity index (χ1v) is 6.08. The highest BCUT2D eigenvalue weighted by molar-refractivity contribution is 9.10. The van der Waals surface area contributed by atoms with Crippen molar-refractivity contribution in [3.63, 3.8) is 0 Å². The van der Waals surface area contributed by atoms with Gasteiger partial charge in [0.2, 0.25) is 0 Å². The van der Waals surface area contributed by atoms with Gasteiger partial charge in [-0.15, -0.1) is 0 Å². The second kappa shape index (κ2) is 3.06. The summed E-state index contributed by atoms with van der Waals surface area (Å²) in [4.78, 5) is 0. The molecule has 0 unspecified atom stereocenters. The summed E-state index contributed by atoms with van der Waals surface area (Å²) in [5, 5.41) is 0. The largest absolute Gasteiger partial charge is 0.379 e. The highest BCUT2D eigenvalue weighted by Gasteiger charge is 2.61. The summed E-state index contributed by atoms with van der Waals surface area (Å²) in [6, 6.07) is 8.50. The van der Waals surface area contributed by atoms with E-state index >= 15 is 0 Å². The van der Waals surface area contributed by atoms with Crippen LogP contribution in [0.1, 0.15) is 18.4 Å². The number of hydrogen-bond acceptors (Lipinski definition) is 2. The van der Waals surface area contributed by atoms with Crippen LogP contribution in [0.15, 0.2) is 28.7 Å². The molecule has 1 saturated heterocycles. The van der Waals surface area contributed by atoms with Crippen molar-refractivity contribution in [1.29, 1.82) is 0 Å². The maximum absolute atomic E-state index is 6.37. The zero-order chi connectivity index (χ0) is 10.5. The Morgan fingerprint density at radius 1 is 1.13 bits per heavy atom. The molecule has 2 nitrogen and oxygen atoms in total. The minimum atomic E-state index is -0.000913. The molecule has 2 fully saturated rings. The average Bonchev–Trinajstić information content (AvgIpc) is 2.86. The third-order valence-electron chi connectivity index (χ3n) is 3.84. The molecular weight excluding hydrogens is 254 g/mol. The van der Waals surface area contributed by atoms with Gasteiger partial charge >= 0.3 is 0 Å². The third kappa shape index (κ3) is 1.30. The third-order valence-corrected chi connectivity index (χ3v) is 4.36. The zero-order valence-corrected chi connectivity index (χ0v) is 10.1. The second-order valence-corrected chi connectivity index (χ2v) is 5.65. The van der Waals surface area contributed by atoms with Gasteiger partial charge in [-0.2, -0.15) is 0 Å². The molecule has 0 radical (unpaired) electrons. The molecule has 0 aromatic heterocycles. The molecule has 3 rings (SSSR count). The Morgan fingerprint density at radius 3 is 2.13 bits per heavy atom. The predicted molar refractivity (Wildman–Crippen MR) is 62.8 cm³/mol. The molecule has 15 heavy (non-hydrogen) atoms. The van der Waals surface area contributed by atoms with Crippen molar-refractivity contribution in [3.05, 3.63) is 34.3 Å². The van der Waals surface area contributed by atoms with Crippen molar-refractivity contribution < 1.29 is 4.74 Å². The summed E-state index contributed by atoms with van der Waals surface area (Å²) in [5.41, 5.74) is 7.79. The predicted octanol–water partition coefficient (Wildman–Crippen LogP) is 2.21. The Balaban J connectivity index is 2.00. The highest BCUT2D eigenvalue weighted by atomic mass is 79.9. The van der Waals surface area contributed by atoms with Crippen LogP contribution in [0.2, 0.25) is 0 Å². The van der Waals surface area contributed by atoms with Crippen LogP contribution >= 0.6 is 15.9 Å². The van der Waals surface area contributed by atoms with Gasteiger partial charge in [-0.25, -0.2) is 0 Å². The van der Waals surface area contributed by atoms with Crippen LogP contribution in [0, 0.1) is 0 Å². The standard InChI is InChI=1S/C12H14BrNO/c13-10-3-1-9(2-4-10)11(7-15-8-11)12(14)5-6-12/h1-4H,5-8,14H2. The van der Waals surface area contributed by atoms with E-state index in [4.69, 9.17) is 10.5 Å². The Kier molecular flexibility index (Phi) is 2.00. The van der Waals surface area contributed by atoms with Crippen LogP contribution in [-0.2, 0) is 10.2 Å². The maximum atomic E-state index is 6.37. The molecule has 1 aliphatic heterocycles. The lowest BCUT2D eigenvalue weighted by atomic mass is 9.71. The van der Waals surface area contributed by atoms with Crippen LogP contribution in [0.3, 0.4) is 0 Å². The number of hydrogen-bond donors (Lipinski definition) is 1.